The smallest absolute Gasteiger partial charge is 0.233 e. The van der Waals surface area contributed by atoms with Crippen LogP contribution in [0.2, 0.25) is 0 Å². The van der Waals surface area contributed by atoms with Gasteiger partial charge < -0.3 is 4.90 Å². The van der Waals surface area contributed by atoms with E-state index in [1.54, 1.807) is 0 Å². The molecule has 2 amide bonds. The fourth-order valence-electron chi connectivity index (χ4n) is 4.40. The summed E-state index contributed by atoms with van der Waals surface area (Å²) in [6.45, 7) is 3.15. The van der Waals surface area contributed by atoms with E-state index in [0.717, 1.165) is 38.6 Å². The first kappa shape index (κ1) is 14.8. The van der Waals surface area contributed by atoms with Crippen molar-refractivity contribution >= 4 is 12.3 Å². The molecule has 2 unspecified atom stereocenters. The second-order valence-electron chi connectivity index (χ2n) is 7.40. The highest BCUT2D eigenvalue weighted by atomic mass is 16.5. The van der Waals surface area contributed by atoms with Gasteiger partial charge in [-0.3, -0.25) is 14.8 Å². The Balaban J connectivity index is 1.71. The minimum absolute atomic E-state index is 0.142. The number of hydrogen-bond donors (Lipinski definition) is 1. The van der Waals surface area contributed by atoms with Gasteiger partial charge in [-0.2, -0.15) is 0 Å². The molecule has 3 aliphatic rings. The quantitative estimate of drug-likeness (QED) is 0.479. The molecule has 2 atom stereocenters. The minimum Gasteiger partial charge on any atom is -0.339 e. The molecule has 21 heavy (non-hydrogen) atoms. The number of hydroxylamine groups is 2. The van der Waals surface area contributed by atoms with Crippen molar-refractivity contribution in [3.63, 3.8) is 0 Å². The normalized spacial score (nSPS) is 28.9. The lowest BCUT2D eigenvalue weighted by atomic mass is 9.89. The monoisotopic (exact) mass is 294 g/mol. The highest BCUT2D eigenvalue weighted by molar-refractivity contribution is 5.80. The molecule has 5 nitrogen and oxygen atoms in total. The molecule has 0 radical (unpaired) electrons. The Labute approximate surface area is 126 Å². The van der Waals surface area contributed by atoms with Crippen LogP contribution >= 0.6 is 0 Å². The van der Waals surface area contributed by atoms with E-state index in [-0.39, 0.29) is 18.4 Å². The summed E-state index contributed by atoms with van der Waals surface area (Å²) in [5, 5.41) is 10.2. The lowest BCUT2D eigenvalue weighted by Crippen LogP contribution is -2.45. The molecule has 3 rings (SSSR count). The topological polar surface area (TPSA) is 60.9 Å². The molecular formula is C16H26N2O3. The van der Waals surface area contributed by atoms with Gasteiger partial charge in [0.15, 0.2) is 0 Å². The highest BCUT2D eigenvalue weighted by Crippen LogP contribution is 2.55. The van der Waals surface area contributed by atoms with Gasteiger partial charge in [-0.15, -0.1) is 0 Å². The predicted molar refractivity (Wildman–Crippen MR) is 77.5 cm³/mol. The molecule has 0 aromatic heterocycles. The van der Waals surface area contributed by atoms with Crippen molar-refractivity contribution in [3.05, 3.63) is 0 Å². The van der Waals surface area contributed by atoms with Crippen molar-refractivity contribution in [1.82, 2.24) is 9.96 Å². The Morgan fingerprint density at radius 2 is 2.10 bits per heavy atom. The standard InChI is InChI=1S/C16H26N2O3/c1-12-8-16(6-7-16)10-18(12)15(20)14(9-17(21)11-19)13-4-2-3-5-13/h11-14,21H,2-10H2,1H3. The van der Waals surface area contributed by atoms with E-state index in [1.807, 2.05) is 4.90 Å². The van der Waals surface area contributed by atoms with Crippen LogP contribution < -0.4 is 0 Å². The van der Waals surface area contributed by atoms with Crippen LogP contribution in [0.4, 0.5) is 0 Å². The number of likely N-dealkylation sites (tertiary alicyclic amines) is 1. The van der Waals surface area contributed by atoms with Crippen LogP contribution in [-0.2, 0) is 9.59 Å². The Bertz CT molecular complexity index is 416. The maximum atomic E-state index is 13.0. The fourth-order valence-corrected chi connectivity index (χ4v) is 4.40. The molecule has 0 aromatic carbocycles. The largest absolute Gasteiger partial charge is 0.339 e. The van der Waals surface area contributed by atoms with Crippen molar-refractivity contribution in [1.29, 1.82) is 0 Å². The van der Waals surface area contributed by atoms with Gasteiger partial charge in [-0.25, -0.2) is 5.06 Å². The number of amides is 2. The summed E-state index contributed by atoms with van der Waals surface area (Å²) in [5.74, 6) is 0.230. The zero-order valence-corrected chi connectivity index (χ0v) is 12.8. The van der Waals surface area contributed by atoms with Gasteiger partial charge in [-0.1, -0.05) is 12.8 Å². The van der Waals surface area contributed by atoms with E-state index in [4.69, 9.17) is 0 Å². The highest BCUT2D eigenvalue weighted by Gasteiger charge is 2.53. The first-order chi connectivity index (χ1) is 10.0. The average molecular weight is 294 g/mol. The molecule has 1 aliphatic heterocycles. The molecule has 118 valence electrons. The third-order valence-corrected chi connectivity index (χ3v) is 5.80. The maximum absolute atomic E-state index is 13.0. The summed E-state index contributed by atoms with van der Waals surface area (Å²) in [6.07, 6.45) is 8.40. The van der Waals surface area contributed by atoms with Gasteiger partial charge >= 0.3 is 0 Å². The van der Waals surface area contributed by atoms with E-state index in [2.05, 4.69) is 6.92 Å². The number of rotatable bonds is 5. The maximum Gasteiger partial charge on any atom is 0.233 e. The molecule has 0 bridgehead atoms. The third-order valence-electron chi connectivity index (χ3n) is 5.80. The van der Waals surface area contributed by atoms with Crippen LogP contribution in [0.15, 0.2) is 0 Å². The summed E-state index contributed by atoms with van der Waals surface area (Å²) < 4.78 is 0. The Morgan fingerprint density at radius 1 is 1.43 bits per heavy atom. The lowest BCUT2D eigenvalue weighted by molar-refractivity contribution is -0.159. The molecule has 5 heteroatoms. The second-order valence-corrected chi connectivity index (χ2v) is 7.40. The SMILES string of the molecule is CC1CC2(CC2)CN1C(=O)C(CN(O)C=O)C1CCCC1. The molecule has 1 N–H and O–H groups in total. The van der Waals surface area contributed by atoms with Gasteiger partial charge in [0.2, 0.25) is 12.3 Å². The van der Waals surface area contributed by atoms with E-state index in [9.17, 15) is 14.8 Å². The summed E-state index contributed by atoms with van der Waals surface area (Å²) in [7, 11) is 0. The van der Waals surface area contributed by atoms with Crippen LogP contribution in [0.25, 0.3) is 0 Å². The second kappa shape index (κ2) is 5.59. The van der Waals surface area contributed by atoms with E-state index in [0.29, 0.717) is 28.8 Å². The van der Waals surface area contributed by atoms with E-state index >= 15 is 0 Å². The van der Waals surface area contributed by atoms with Crippen molar-refractivity contribution < 1.29 is 14.8 Å². The molecule has 1 heterocycles. The number of carbonyl (C=O) groups is 2. The van der Waals surface area contributed by atoms with Crippen LogP contribution in [-0.4, -0.2) is 46.6 Å². The average Bonchev–Trinajstić information content (AvgIpc) is 2.90. The Morgan fingerprint density at radius 3 is 2.62 bits per heavy atom. The van der Waals surface area contributed by atoms with E-state index in [1.165, 1.54) is 12.8 Å². The predicted octanol–water partition coefficient (Wildman–Crippen LogP) is 2.04. The van der Waals surface area contributed by atoms with Gasteiger partial charge in [0, 0.05) is 12.6 Å². The van der Waals surface area contributed by atoms with Gasteiger partial charge in [0.1, 0.15) is 0 Å². The molecule has 3 fully saturated rings. The van der Waals surface area contributed by atoms with E-state index < -0.39 is 0 Å². The first-order valence-electron chi connectivity index (χ1n) is 8.26. The summed E-state index contributed by atoms with van der Waals surface area (Å²) >= 11 is 0. The third kappa shape index (κ3) is 2.93. The number of hydrogen-bond acceptors (Lipinski definition) is 3. The Hall–Kier alpha value is -1.10. The van der Waals surface area contributed by atoms with Crippen LogP contribution in [0.3, 0.4) is 0 Å². The van der Waals surface area contributed by atoms with Crippen molar-refractivity contribution in [2.24, 2.45) is 17.3 Å². The van der Waals surface area contributed by atoms with Crippen molar-refractivity contribution in [3.8, 4) is 0 Å². The van der Waals surface area contributed by atoms with Crippen LogP contribution in [0, 0.1) is 17.3 Å². The van der Waals surface area contributed by atoms with Crippen LogP contribution in [0.5, 0.6) is 0 Å². The van der Waals surface area contributed by atoms with Crippen molar-refractivity contribution in [2.75, 3.05) is 13.1 Å². The summed E-state index contributed by atoms with van der Waals surface area (Å²) in [6, 6.07) is 0.298. The zero-order valence-electron chi connectivity index (χ0n) is 12.8. The van der Waals surface area contributed by atoms with Crippen molar-refractivity contribution in [2.45, 2.75) is 57.9 Å². The number of carbonyl (C=O) groups excluding carboxylic acids is 2. The summed E-state index contributed by atoms with van der Waals surface area (Å²) in [5.41, 5.74) is 0.402. The van der Waals surface area contributed by atoms with Gasteiger partial charge in [0.05, 0.1) is 12.5 Å². The first-order valence-corrected chi connectivity index (χ1v) is 8.26. The van der Waals surface area contributed by atoms with Crippen LogP contribution in [0.1, 0.15) is 51.9 Å². The molecular weight excluding hydrogens is 268 g/mol. The Kier molecular flexibility index (Phi) is 3.95. The summed E-state index contributed by atoms with van der Waals surface area (Å²) in [4.78, 5) is 25.7. The minimum atomic E-state index is -0.237. The molecule has 2 aliphatic carbocycles. The molecule has 0 aromatic rings. The lowest BCUT2D eigenvalue weighted by Gasteiger charge is -2.31. The fraction of sp³-hybridized carbons (Fsp3) is 0.875. The zero-order chi connectivity index (χ0) is 15.0. The van der Waals surface area contributed by atoms with Gasteiger partial charge in [-0.05, 0) is 50.4 Å². The number of nitrogens with zero attached hydrogens (tertiary/aromatic N) is 2. The molecule has 1 spiro atoms. The molecule has 1 saturated heterocycles. The van der Waals surface area contributed by atoms with Gasteiger partial charge in [0.25, 0.3) is 0 Å². The molecule has 2 saturated carbocycles.